The molecule has 1 aromatic heterocycles. The molecule has 0 fully saturated rings. The van der Waals surface area contributed by atoms with Crippen LogP contribution >= 0.6 is 12.4 Å². The van der Waals surface area contributed by atoms with Gasteiger partial charge in [0.25, 0.3) is 0 Å². The van der Waals surface area contributed by atoms with Crippen LogP contribution in [0.1, 0.15) is 17.2 Å². The molecule has 1 unspecified atom stereocenters. The Bertz CT molecular complexity index is 789. The summed E-state index contributed by atoms with van der Waals surface area (Å²) in [5.74, 6) is -0.183. The second-order valence-corrected chi connectivity index (χ2v) is 7.04. The van der Waals surface area contributed by atoms with Gasteiger partial charge in [0, 0.05) is 12.7 Å². The third kappa shape index (κ3) is 3.56. The Balaban J connectivity index is 0.00000192. The van der Waals surface area contributed by atoms with Crippen LogP contribution in [0.5, 0.6) is 0 Å². The SMILES string of the molecule is Cl.NCC1OB(O)c2cc(CS(=O)(=O)c3ccccn3)ccc21. The van der Waals surface area contributed by atoms with Crippen LogP contribution in [-0.2, 0) is 20.2 Å². The first-order chi connectivity index (χ1) is 10.5. The number of pyridine rings is 1. The molecule has 1 atom stereocenters. The maximum atomic E-state index is 12.3. The number of hydrogen-bond acceptors (Lipinski definition) is 6. The van der Waals surface area contributed by atoms with Gasteiger partial charge in [-0.3, -0.25) is 0 Å². The molecule has 0 amide bonds. The molecule has 2 aromatic rings. The molecule has 0 saturated heterocycles. The maximum Gasteiger partial charge on any atom is 0.492 e. The van der Waals surface area contributed by atoms with E-state index in [1.807, 2.05) is 0 Å². The summed E-state index contributed by atoms with van der Waals surface area (Å²) in [7, 11) is -4.59. The van der Waals surface area contributed by atoms with Crippen LogP contribution in [0.3, 0.4) is 0 Å². The standard InChI is InChI=1S/C14H15BN2O4S.ClH/c16-8-13-11-5-4-10(7-12(11)15(18)21-13)9-22(19,20)14-3-1-2-6-17-14;/h1-7,13,18H,8-9,16H2;1H. The van der Waals surface area contributed by atoms with Crippen LogP contribution in [-0.4, -0.2) is 32.1 Å². The first-order valence-electron chi connectivity index (χ1n) is 6.81. The minimum absolute atomic E-state index is 0. The summed E-state index contributed by atoms with van der Waals surface area (Å²) in [5.41, 5.74) is 7.53. The second kappa shape index (κ2) is 6.98. The van der Waals surface area contributed by atoms with Crippen LogP contribution in [0, 0.1) is 0 Å². The summed E-state index contributed by atoms with van der Waals surface area (Å²) in [6.07, 6.45) is 1.09. The lowest BCUT2D eigenvalue weighted by molar-refractivity contribution is 0.198. The molecule has 6 nitrogen and oxygen atoms in total. The second-order valence-electron chi connectivity index (χ2n) is 5.10. The molecule has 1 aliphatic rings. The highest BCUT2D eigenvalue weighted by molar-refractivity contribution is 7.90. The molecule has 23 heavy (non-hydrogen) atoms. The highest BCUT2D eigenvalue weighted by Gasteiger charge is 2.34. The molecule has 3 N–H and O–H groups in total. The zero-order valence-electron chi connectivity index (χ0n) is 12.1. The number of sulfone groups is 1. The van der Waals surface area contributed by atoms with Gasteiger partial charge in [-0.05, 0) is 28.7 Å². The van der Waals surface area contributed by atoms with E-state index < -0.39 is 17.0 Å². The molecule has 1 aromatic carbocycles. The lowest BCUT2D eigenvalue weighted by Gasteiger charge is -2.09. The Morgan fingerprint density at radius 3 is 2.74 bits per heavy atom. The minimum atomic E-state index is -3.53. The van der Waals surface area contributed by atoms with Crippen LogP contribution in [0.2, 0.25) is 0 Å². The van der Waals surface area contributed by atoms with E-state index in [0.29, 0.717) is 11.0 Å². The molecule has 122 valence electrons. The van der Waals surface area contributed by atoms with Gasteiger partial charge >= 0.3 is 7.12 Å². The van der Waals surface area contributed by atoms with Crippen molar-refractivity contribution in [3.63, 3.8) is 0 Å². The molecule has 3 rings (SSSR count). The number of benzene rings is 1. The lowest BCUT2D eigenvalue weighted by atomic mass is 9.78. The van der Waals surface area contributed by atoms with Gasteiger partial charge in [-0.25, -0.2) is 13.4 Å². The van der Waals surface area contributed by atoms with E-state index >= 15 is 0 Å². The van der Waals surface area contributed by atoms with Crippen LogP contribution < -0.4 is 11.2 Å². The van der Waals surface area contributed by atoms with Crippen molar-refractivity contribution in [2.24, 2.45) is 5.73 Å². The first kappa shape index (κ1) is 17.9. The Hall–Kier alpha value is -1.45. The predicted molar refractivity (Wildman–Crippen MR) is 89.3 cm³/mol. The molecule has 1 aliphatic heterocycles. The first-order valence-corrected chi connectivity index (χ1v) is 8.46. The van der Waals surface area contributed by atoms with Gasteiger partial charge in [-0.1, -0.05) is 24.3 Å². The van der Waals surface area contributed by atoms with Crippen molar-refractivity contribution in [2.45, 2.75) is 16.9 Å². The van der Waals surface area contributed by atoms with Crippen LogP contribution in [0.15, 0.2) is 47.6 Å². The number of aromatic nitrogens is 1. The maximum absolute atomic E-state index is 12.3. The van der Waals surface area contributed by atoms with Gasteiger partial charge in [-0.2, -0.15) is 0 Å². The third-order valence-electron chi connectivity index (χ3n) is 3.58. The Morgan fingerprint density at radius 1 is 1.30 bits per heavy atom. The smallest absolute Gasteiger partial charge is 0.423 e. The number of fused-ring (bicyclic) bond motifs is 1. The number of nitrogens with two attached hydrogens (primary N) is 1. The molecular weight excluding hydrogens is 338 g/mol. The lowest BCUT2D eigenvalue weighted by Crippen LogP contribution is -2.28. The molecule has 0 saturated carbocycles. The topological polar surface area (TPSA) is 103 Å². The van der Waals surface area contributed by atoms with Gasteiger partial charge in [0.05, 0.1) is 11.9 Å². The number of nitrogens with zero attached hydrogens (tertiary/aromatic N) is 1. The number of rotatable bonds is 4. The van der Waals surface area contributed by atoms with E-state index in [4.69, 9.17) is 10.4 Å². The van der Waals surface area contributed by atoms with E-state index in [9.17, 15) is 13.4 Å². The van der Waals surface area contributed by atoms with Gasteiger partial charge in [0.1, 0.15) is 0 Å². The molecular formula is C14H16BClN2O4S. The molecule has 2 heterocycles. The van der Waals surface area contributed by atoms with Crippen LogP contribution in [0.4, 0.5) is 0 Å². The van der Waals surface area contributed by atoms with E-state index in [-0.39, 0.29) is 35.8 Å². The normalized spacial score (nSPS) is 16.8. The summed E-state index contributed by atoms with van der Waals surface area (Å²) in [6.45, 7) is 0.260. The zero-order chi connectivity index (χ0) is 15.7. The van der Waals surface area contributed by atoms with E-state index in [1.165, 1.54) is 12.3 Å². The monoisotopic (exact) mass is 354 g/mol. The van der Waals surface area contributed by atoms with Gasteiger partial charge in [0.15, 0.2) is 14.9 Å². The fourth-order valence-corrected chi connectivity index (χ4v) is 3.80. The Labute approximate surface area is 141 Å². The summed E-state index contributed by atoms with van der Waals surface area (Å²) < 4.78 is 30.0. The highest BCUT2D eigenvalue weighted by Crippen LogP contribution is 2.24. The molecule has 0 bridgehead atoms. The molecule has 0 radical (unpaired) electrons. The van der Waals surface area contributed by atoms with E-state index in [1.54, 1.807) is 30.3 Å². The largest absolute Gasteiger partial charge is 0.492 e. The average molecular weight is 355 g/mol. The summed E-state index contributed by atoms with van der Waals surface area (Å²) in [6, 6.07) is 9.87. The fourth-order valence-electron chi connectivity index (χ4n) is 2.53. The van der Waals surface area contributed by atoms with E-state index in [0.717, 1.165) is 5.56 Å². The van der Waals surface area contributed by atoms with Crippen molar-refractivity contribution < 1.29 is 18.1 Å². The number of halogens is 1. The highest BCUT2D eigenvalue weighted by atomic mass is 35.5. The molecule has 0 spiro atoms. The molecule has 9 heteroatoms. The third-order valence-corrected chi connectivity index (χ3v) is 5.18. The fraction of sp³-hybridized carbons (Fsp3) is 0.214. The molecule has 0 aliphatic carbocycles. The van der Waals surface area contributed by atoms with Crippen molar-refractivity contribution in [3.8, 4) is 0 Å². The quantitative estimate of drug-likeness (QED) is 0.760. The van der Waals surface area contributed by atoms with Crippen molar-refractivity contribution >= 4 is 34.8 Å². The van der Waals surface area contributed by atoms with Crippen LogP contribution in [0.25, 0.3) is 0 Å². The number of hydrogen-bond donors (Lipinski definition) is 2. The average Bonchev–Trinajstić information content (AvgIpc) is 2.84. The predicted octanol–water partition coefficient (Wildman–Crippen LogP) is 0.195. The van der Waals surface area contributed by atoms with Gasteiger partial charge < -0.3 is 15.4 Å². The van der Waals surface area contributed by atoms with Crippen molar-refractivity contribution in [1.82, 2.24) is 4.98 Å². The summed E-state index contributed by atoms with van der Waals surface area (Å²) in [4.78, 5) is 3.88. The minimum Gasteiger partial charge on any atom is -0.423 e. The van der Waals surface area contributed by atoms with Gasteiger partial charge in [-0.15, -0.1) is 12.4 Å². The Kier molecular flexibility index (Phi) is 5.43. The van der Waals surface area contributed by atoms with Crippen molar-refractivity contribution in [3.05, 3.63) is 53.7 Å². The zero-order valence-corrected chi connectivity index (χ0v) is 13.8. The summed E-state index contributed by atoms with van der Waals surface area (Å²) in [5, 5.41) is 9.92. The van der Waals surface area contributed by atoms with Crippen molar-refractivity contribution in [1.29, 1.82) is 0 Å². The van der Waals surface area contributed by atoms with Crippen molar-refractivity contribution in [2.75, 3.05) is 6.54 Å². The van der Waals surface area contributed by atoms with E-state index in [2.05, 4.69) is 4.98 Å². The van der Waals surface area contributed by atoms with Gasteiger partial charge in [0.2, 0.25) is 0 Å². The Morgan fingerprint density at radius 2 is 2.09 bits per heavy atom. The summed E-state index contributed by atoms with van der Waals surface area (Å²) >= 11 is 0.